The second-order valence-electron chi connectivity index (χ2n) is 6.49. The molecular weight excluding hydrogens is 326 g/mol. The summed E-state index contributed by atoms with van der Waals surface area (Å²) in [5.41, 5.74) is 1.17. The third-order valence-corrected chi connectivity index (χ3v) is 5.50. The van der Waals surface area contributed by atoms with Crippen LogP contribution in [-0.4, -0.2) is 39.8 Å². The molecule has 0 saturated heterocycles. The lowest BCUT2D eigenvalue weighted by Gasteiger charge is -2.21. The lowest BCUT2D eigenvalue weighted by Crippen LogP contribution is -2.27. The average Bonchev–Trinajstić information content (AvgIpc) is 2.54. The lowest BCUT2D eigenvalue weighted by atomic mass is 9.98. The minimum atomic E-state index is -3.32. The molecule has 1 fully saturated rings. The molecule has 0 radical (unpaired) electrons. The van der Waals surface area contributed by atoms with Gasteiger partial charge in [-0.1, -0.05) is 25.3 Å². The number of benzene rings is 1. The van der Waals surface area contributed by atoms with Gasteiger partial charge in [-0.15, -0.1) is 0 Å². The Hall–Kier alpha value is -1.40. The van der Waals surface area contributed by atoms with Crippen molar-refractivity contribution < 1.29 is 17.9 Å². The molecule has 2 rings (SSSR count). The van der Waals surface area contributed by atoms with Crippen molar-refractivity contribution in [1.29, 1.82) is 0 Å². The summed E-state index contributed by atoms with van der Waals surface area (Å²) in [6, 6.07) is 4.63. The molecule has 0 unspecified atom stereocenters. The third-order valence-electron chi connectivity index (χ3n) is 4.39. The first-order valence-electron chi connectivity index (χ1n) is 8.58. The summed E-state index contributed by atoms with van der Waals surface area (Å²) in [7, 11) is -3.32. The van der Waals surface area contributed by atoms with E-state index in [-0.39, 0.29) is 10.8 Å². The summed E-state index contributed by atoms with van der Waals surface area (Å²) >= 11 is 0. The van der Waals surface area contributed by atoms with Crippen LogP contribution in [0.4, 0.5) is 0 Å². The maximum absolute atomic E-state index is 12.3. The second-order valence-corrected chi connectivity index (χ2v) is 8.50. The zero-order valence-electron chi connectivity index (χ0n) is 14.5. The number of nitrogens with one attached hydrogen (secondary N) is 1. The molecule has 134 valence electrons. The third kappa shape index (κ3) is 5.60. The van der Waals surface area contributed by atoms with E-state index < -0.39 is 9.84 Å². The topological polar surface area (TPSA) is 72.5 Å². The van der Waals surface area contributed by atoms with E-state index in [4.69, 9.17) is 4.74 Å². The molecule has 1 saturated carbocycles. The van der Waals surface area contributed by atoms with Crippen molar-refractivity contribution in [3.05, 3.63) is 29.3 Å². The Morgan fingerprint density at radius 2 is 1.96 bits per heavy atom. The fraction of sp³-hybridized carbons (Fsp3) is 0.611. The normalized spacial score (nSPS) is 16.1. The molecule has 1 N–H and O–H groups in total. The maximum Gasteiger partial charge on any atom is 0.251 e. The molecule has 5 nitrogen and oxygen atoms in total. The predicted octanol–water partition coefficient (Wildman–Crippen LogP) is 2.87. The predicted molar refractivity (Wildman–Crippen MR) is 94.1 cm³/mol. The summed E-state index contributed by atoms with van der Waals surface area (Å²) in [4.78, 5) is 12.4. The first-order chi connectivity index (χ1) is 11.4. The van der Waals surface area contributed by atoms with Gasteiger partial charge in [0.25, 0.3) is 5.91 Å². The number of rotatable bonds is 7. The number of amides is 1. The number of carbonyl (C=O) groups is 1. The van der Waals surface area contributed by atoms with Crippen LogP contribution >= 0.6 is 0 Å². The standard InChI is InChI=1S/C18H27NO4S/c1-14-9-10-16(24(2,21)22)13-17(14)18(20)19-11-6-12-23-15-7-4-3-5-8-15/h9-10,13,15H,3-8,11-12H2,1-2H3,(H,19,20). The van der Waals surface area contributed by atoms with Crippen molar-refractivity contribution in [1.82, 2.24) is 5.32 Å². The number of hydrogen-bond acceptors (Lipinski definition) is 4. The molecule has 1 aromatic carbocycles. The molecule has 0 aliphatic heterocycles. The summed E-state index contributed by atoms with van der Waals surface area (Å²) in [5, 5.41) is 2.84. The minimum absolute atomic E-state index is 0.166. The average molecular weight is 353 g/mol. The molecule has 1 aliphatic rings. The molecule has 0 heterocycles. The van der Waals surface area contributed by atoms with E-state index >= 15 is 0 Å². The van der Waals surface area contributed by atoms with Gasteiger partial charge in [-0.05, 0) is 43.9 Å². The van der Waals surface area contributed by atoms with E-state index in [9.17, 15) is 13.2 Å². The van der Waals surface area contributed by atoms with E-state index in [2.05, 4.69) is 5.32 Å². The highest BCUT2D eigenvalue weighted by molar-refractivity contribution is 7.90. The minimum Gasteiger partial charge on any atom is -0.378 e. The van der Waals surface area contributed by atoms with Crippen LogP contribution in [0.25, 0.3) is 0 Å². The van der Waals surface area contributed by atoms with Gasteiger partial charge in [0.05, 0.1) is 11.0 Å². The molecule has 0 bridgehead atoms. The number of ether oxygens (including phenoxy) is 1. The van der Waals surface area contributed by atoms with Gasteiger partial charge in [-0.2, -0.15) is 0 Å². The summed E-state index contributed by atoms with van der Waals surface area (Å²) < 4.78 is 29.1. The first-order valence-corrected chi connectivity index (χ1v) is 10.5. The summed E-state index contributed by atoms with van der Waals surface area (Å²) in [6.07, 6.45) is 8.36. The lowest BCUT2D eigenvalue weighted by molar-refractivity contribution is 0.0273. The van der Waals surface area contributed by atoms with Gasteiger partial charge in [0, 0.05) is 25.0 Å². The van der Waals surface area contributed by atoms with Crippen LogP contribution in [0.2, 0.25) is 0 Å². The van der Waals surface area contributed by atoms with Crippen molar-refractivity contribution >= 4 is 15.7 Å². The molecule has 0 spiro atoms. The molecule has 1 amide bonds. The van der Waals surface area contributed by atoms with Crippen LogP contribution in [0.3, 0.4) is 0 Å². The zero-order valence-corrected chi connectivity index (χ0v) is 15.3. The van der Waals surface area contributed by atoms with Crippen molar-refractivity contribution in [2.75, 3.05) is 19.4 Å². The van der Waals surface area contributed by atoms with E-state index in [1.54, 1.807) is 13.0 Å². The highest BCUT2D eigenvalue weighted by atomic mass is 32.2. The Bertz CT molecular complexity index is 664. The molecule has 6 heteroatoms. The van der Waals surface area contributed by atoms with Gasteiger partial charge in [-0.3, -0.25) is 4.79 Å². The van der Waals surface area contributed by atoms with Gasteiger partial charge in [-0.25, -0.2) is 8.42 Å². The SMILES string of the molecule is Cc1ccc(S(C)(=O)=O)cc1C(=O)NCCCOC1CCCCC1. The van der Waals surface area contributed by atoms with Crippen LogP contribution in [0.1, 0.15) is 54.4 Å². The maximum atomic E-state index is 12.3. The molecule has 1 aliphatic carbocycles. The fourth-order valence-corrected chi connectivity index (χ4v) is 3.57. The summed E-state index contributed by atoms with van der Waals surface area (Å²) in [6.45, 7) is 2.97. The molecular formula is C18H27NO4S. The van der Waals surface area contributed by atoms with E-state index in [0.717, 1.165) is 31.1 Å². The van der Waals surface area contributed by atoms with Crippen molar-refractivity contribution in [3.63, 3.8) is 0 Å². The highest BCUT2D eigenvalue weighted by Crippen LogP contribution is 2.20. The van der Waals surface area contributed by atoms with Gasteiger partial charge in [0.1, 0.15) is 0 Å². The smallest absolute Gasteiger partial charge is 0.251 e. The Kier molecular flexibility index (Phi) is 6.80. The van der Waals surface area contributed by atoms with Crippen LogP contribution < -0.4 is 5.32 Å². The quantitative estimate of drug-likeness (QED) is 0.765. The Morgan fingerprint density at radius 1 is 1.25 bits per heavy atom. The van der Waals surface area contributed by atoms with Crippen molar-refractivity contribution in [3.8, 4) is 0 Å². The second kappa shape index (κ2) is 8.62. The largest absolute Gasteiger partial charge is 0.378 e. The fourth-order valence-electron chi connectivity index (χ4n) is 2.93. The Morgan fingerprint density at radius 3 is 2.62 bits per heavy atom. The van der Waals surface area contributed by atoms with Gasteiger partial charge < -0.3 is 10.1 Å². The van der Waals surface area contributed by atoms with E-state index in [1.165, 1.54) is 31.4 Å². The Balaban J connectivity index is 1.80. The van der Waals surface area contributed by atoms with Crippen molar-refractivity contribution in [2.45, 2.75) is 56.4 Å². The monoisotopic (exact) mass is 353 g/mol. The van der Waals surface area contributed by atoms with E-state index in [1.807, 2.05) is 0 Å². The van der Waals surface area contributed by atoms with E-state index in [0.29, 0.717) is 24.8 Å². The summed E-state index contributed by atoms with van der Waals surface area (Å²) in [5.74, 6) is -0.240. The number of carbonyl (C=O) groups excluding carboxylic acids is 1. The molecule has 24 heavy (non-hydrogen) atoms. The molecule has 0 aromatic heterocycles. The molecule has 1 aromatic rings. The van der Waals surface area contributed by atoms with Crippen molar-refractivity contribution in [2.24, 2.45) is 0 Å². The van der Waals surface area contributed by atoms with Crippen LogP contribution in [0.15, 0.2) is 23.1 Å². The van der Waals surface area contributed by atoms with Crippen LogP contribution in [0.5, 0.6) is 0 Å². The first kappa shape index (κ1) is 18.9. The number of hydrogen-bond donors (Lipinski definition) is 1. The van der Waals surface area contributed by atoms with Crippen LogP contribution in [0, 0.1) is 6.92 Å². The Labute approximate surface area is 144 Å². The van der Waals surface area contributed by atoms with Gasteiger partial charge in [0.15, 0.2) is 9.84 Å². The highest BCUT2D eigenvalue weighted by Gasteiger charge is 2.15. The van der Waals surface area contributed by atoms with Crippen LogP contribution in [-0.2, 0) is 14.6 Å². The number of sulfone groups is 1. The zero-order chi connectivity index (χ0) is 17.6. The number of aryl methyl sites for hydroxylation is 1. The van der Waals surface area contributed by atoms with Gasteiger partial charge in [0.2, 0.25) is 0 Å². The van der Waals surface area contributed by atoms with Gasteiger partial charge >= 0.3 is 0 Å². The molecule has 0 atom stereocenters.